The summed E-state index contributed by atoms with van der Waals surface area (Å²) in [5, 5.41) is 3.51. The zero-order chi connectivity index (χ0) is 13.0. The highest BCUT2D eigenvalue weighted by molar-refractivity contribution is 5.16. The molecule has 1 aromatic heterocycles. The van der Waals surface area contributed by atoms with Crippen LogP contribution in [-0.4, -0.2) is 23.8 Å². The first-order valence-electron chi connectivity index (χ1n) is 7.12. The third kappa shape index (κ3) is 3.59. The van der Waals surface area contributed by atoms with Gasteiger partial charge in [0.1, 0.15) is 0 Å². The van der Waals surface area contributed by atoms with Gasteiger partial charge >= 0.3 is 0 Å². The van der Waals surface area contributed by atoms with Crippen LogP contribution in [0.25, 0.3) is 0 Å². The Morgan fingerprint density at radius 3 is 2.83 bits per heavy atom. The monoisotopic (exact) mass is 250 g/mol. The fraction of sp³-hybridized carbons (Fsp3) is 0.733. The third-order valence-electron chi connectivity index (χ3n) is 3.65. The zero-order valence-corrected chi connectivity index (χ0v) is 11.9. The van der Waals surface area contributed by atoms with Crippen LogP contribution in [0, 0.1) is 5.92 Å². The first kappa shape index (κ1) is 13.6. The average Bonchev–Trinajstić information content (AvgIpc) is 2.93. The minimum absolute atomic E-state index is 0.431. The highest BCUT2D eigenvalue weighted by atomic mass is 16.5. The smallest absolute Gasteiger partial charge is 0.0700 e. The van der Waals surface area contributed by atoms with E-state index in [4.69, 9.17) is 4.74 Å². The standard InChI is InChI=1S/C15H26N2O/c1-12(2)9-13-6-7-14(17(13)3)10-16-11-15-5-4-8-18-15/h6-7,12,15-16H,4-5,8-11H2,1-3H3/t15-/m1/s1. The van der Waals surface area contributed by atoms with Crippen molar-refractivity contribution in [2.45, 2.75) is 45.8 Å². The maximum absolute atomic E-state index is 5.61. The van der Waals surface area contributed by atoms with Gasteiger partial charge in [0, 0.05) is 38.1 Å². The van der Waals surface area contributed by atoms with E-state index in [2.05, 4.69) is 42.9 Å². The van der Waals surface area contributed by atoms with Gasteiger partial charge in [0.2, 0.25) is 0 Å². The van der Waals surface area contributed by atoms with Crippen LogP contribution in [0.15, 0.2) is 12.1 Å². The number of aromatic nitrogens is 1. The molecule has 1 N–H and O–H groups in total. The van der Waals surface area contributed by atoms with Crippen molar-refractivity contribution in [2.24, 2.45) is 13.0 Å². The van der Waals surface area contributed by atoms with Crippen LogP contribution in [-0.2, 0) is 24.8 Å². The van der Waals surface area contributed by atoms with Crippen molar-refractivity contribution < 1.29 is 4.74 Å². The number of ether oxygens (including phenoxy) is 1. The maximum Gasteiger partial charge on any atom is 0.0700 e. The molecule has 0 aromatic carbocycles. The molecule has 3 nitrogen and oxygen atoms in total. The minimum Gasteiger partial charge on any atom is -0.377 e. The van der Waals surface area contributed by atoms with Crippen molar-refractivity contribution in [1.29, 1.82) is 0 Å². The molecule has 18 heavy (non-hydrogen) atoms. The van der Waals surface area contributed by atoms with Crippen LogP contribution in [0.2, 0.25) is 0 Å². The van der Waals surface area contributed by atoms with E-state index in [9.17, 15) is 0 Å². The van der Waals surface area contributed by atoms with E-state index in [1.807, 2.05) is 0 Å². The second-order valence-electron chi connectivity index (χ2n) is 5.74. The molecule has 1 saturated heterocycles. The van der Waals surface area contributed by atoms with Crippen molar-refractivity contribution in [3.05, 3.63) is 23.5 Å². The number of nitrogens with zero attached hydrogens (tertiary/aromatic N) is 1. The molecule has 1 aliphatic rings. The van der Waals surface area contributed by atoms with Crippen molar-refractivity contribution >= 4 is 0 Å². The van der Waals surface area contributed by atoms with Gasteiger partial charge < -0.3 is 14.6 Å². The molecule has 0 amide bonds. The number of hydrogen-bond acceptors (Lipinski definition) is 2. The van der Waals surface area contributed by atoms with E-state index >= 15 is 0 Å². The summed E-state index contributed by atoms with van der Waals surface area (Å²) >= 11 is 0. The van der Waals surface area contributed by atoms with Crippen LogP contribution >= 0.6 is 0 Å². The summed E-state index contributed by atoms with van der Waals surface area (Å²) in [7, 11) is 2.17. The van der Waals surface area contributed by atoms with Gasteiger partial charge in [-0.25, -0.2) is 0 Å². The largest absolute Gasteiger partial charge is 0.377 e. The van der Waals surface area contributed by atoms with Gasteiger partial charge in [0.05, 0.1) is 6.10 Å². The second-order valence-corrected chi connectivity index (χ2v) is 5.74. The summed E-state index contributed by atoms with van der Waals surface area (Å²) in [6, 6.07) is 4.49. The molecule has 0 aliphatic carbocycles. The lowest BCUT2D eigenvalue weighted by Gasteiger charge is -2.12. The molecule has 1 aliphatic heterocycles. The lowest BCUT2D eigenvalue weighted by Crippen LogP contribution is -2.26. The SMILES string of the molecule is CC(C)Cc1ccc(CNC[C@H]2CCCO2)n1C. The van der Waals surface area contributed by atoms with Gasteiger partial charge in [0.25, 0.3) is 0 Å². The Morgan fingerprint density at radius 2 is 2.17 bits per heavy atom. The fourth-order valence-corrected chi connectivity index (χ4v) is 2.57. The average molecular weight is 250 g/mol. The summed E-state index contributed by atoms with van der Waals surface area (Å²) in [6.45, 7) is 7.39. The molecule has 1 aromatic rings. The Bertz CT molecular complexity index is 365. The van der Waals surface area contributed by atoms with Crippen LogP contribution < -0.4 is 5.32 Å². The summed E-state index contributed by atoms with van der Waals surface area (Å²) in [4.78, 5) is 0. The molecule has 2 rings (SSSR count). The van der Waals surface area contributed by atoms with Crippen LogP contribution in [0.4, 0.5) is 0 Å². The van der Waals surface area contributed by atoms with E-state index < -0.39 is 0 Å². The Balaban J connectivity index is 1.80. The first-order valence-corrected chi connectivity index (χ1v) is 7.12. The second kappa shape index (κ2) is 6.39. The molecule has 1 fully saturated rings. The highest BCUT2D eigenvalue weighted by Crippen LogP contribution is 2.13. The molecule has 0 saturated carbocycles. The van der Waals surface area contributed by atoms with Crippen LogP contribution in [0.3, 0.4) is 0 Å². The zero-order valence-electron chi connectivity index (χ0n) is 11.9. The van der Waals surface area contributed by atoms with Gasteiger partial charge in [0.15, 0.2) is 0 Å². The minimum atomic E-state index is 0.431. The molecule has 102 valence electrons. The number of nitrogens with one attached hydrogen (secondary N) is 1. The molecule has 2 heterocycles. The molecular formula is C15H26N2O. The molecule has 0 spiro atoms. The predicted molar refractivity (Wildman–Crippen MR) is 74.6 cm³/mol. The topological polar surface area (TPSA) is 26.2 Å². The van der Waals surface area contributed by atoms with Crippen molar-refractivity contribution in [3.8, 4) is 0 Å². The van der Waals surface area contributed by atoms with Gasteiger partial charge in [-0.2, -0.15) is 0 Å². The van der Waals surface area contributed by atoms with Crippen molar-refractivity contribution in [3.63, 3.8) is 0 Å². The van der Waals surface area contributed by atoms with E-state index in [0.717, 1.165) is 26.1 Å². The summed E-state index contributed by atoms with van der Waals surface area (Å²) in [5.74, 6) is 0.714. The summed E-state index contributed by atoms with van der Waals surface area (Å²) in [6.07, 6.45) is 4.01. The Morgan fingerprint density at radius 1 is 1.39 bits per heavy atom. The summed E-state index contributed by atoms with van der Waals surface area (Å²) in [5.41, 5.74) is 2.79. The van der Waals surface area contributed by atoms with E-state index in [0.29, 0.717) is 12.0 Å². The number of hydrogen-bond donors (Lipinski definition) is 1. The maximum atomic E-state index is 5.61. The molecular weight excluding hydrogens is 224 g/mol. The van der Waals surface area contributed by atoms with Gasteiger partial charge in [-0.05, 0) is 37.3 Å². The molecule has 3 heteroatoms. The van der Waals surface area contributed by atoms with Crippen molar-refractivity contribution in [1.82, 2.24) is 9.88 Å². The lowest BCUT2D eigenvalue weighted by molar-refractivity contribution is 0.110. The van der Waals surface area contributed by atoms with Crippen molar-refractivity contribution in [2.75, 3.05) is 13.2 Å². The Hall–Kier alpha value is -0.800. The van der Waals surface area contributed by atoms with Gasteiger partial charge in [-0.3, -0.25) is 0 Å². The van der Waals surface area contributed by atoms with Gasteiger partial charge in [-0.15, -0.1) is 0 Å². The number of rotatable bonds is 6. The molecule has 0 radical (unpaired) electrons. The van der Waals surface area contributed by atoms with E-state index in [1.165, 1.54) is 24.2 Å². The summed E-state index contributed by atoms with van der Waals surface area (Å²) < 4.78 is 7.93. The van der Waals surface area contributed by atoms with Gasteiger partial charge in [-0.1, -0.05) is 13.8 Å². The Labute approximate surface area is 111 Å². The predicted octanol–water partition coefficient (Wildman–Crippen LogP) is 2.49. The van der Waals surface area contributed by atoms with Crippen LogP contribution in [0.5, 0.6) is 0 Å². The molecule has 1 atom stereocenters. The van der Waals surface area contributed by atoms with Crippen LogP contribution in [0.1, 0.15) is 38.1 Å². The third-order valence-corrected chi connectivity index (χ3v) is 3.65. The highest BCUT2D eigenvalue weighted by Gasteiger charge is 2.14. The van der Waals surface area contributed by atoms with E-state index in [1.54, 1.807) is 0 Å². The molecule has 0 bridgehead atoms. The first-order chi connectivity index (χ1) is 8.66. The molecule has 0 unspecified atom stereocenters. The fourth-order valence-electron chi connectivity index (χ4n) is 2.57. The van der Waals surface area contributed by atoms with E-state index in [-0.39, 0.29) is 0 Å². The lowest BCUT2D eigenvalue weighted by atomic mass is 10.1. The quantitative estimate of drug-likeness (QED) is 0.839. The normalized spacial score (nSPS) is 19.9. The Kier molecular flexibility index (Phi) is 4.84.